The minimum Gasteiger partial charge on any atom is -0.379 e. The van der Waals surface area contributed by atoms with E-state index in [0.717, 1.165) is 44.1 Å². The van der Waals surface area contributed by atoms with E-state index in [2.05, 4.69) is 4.90 Å². The van der Waals surface area contributed by atoms with E-state index in [1.165, 1.54) is 6.07 Å². The minimum absolute atomic E-state index is 0.0489. The molecule has 25 heavy (non-hydrogen) atoms. The van der Waals surface area contributed by atoms with Crippen LogP contribution in [0.2, 0.25) is 0 Å². The van der Waals surface area contributed by atoms with Crippen LogP contribution in [0, 0.1) is 10.1 Å². The largest absolute Gasteiger partial charge is 0.379 e. The molecule has 1 amide bonds. The number of rotatable bonds is 6. The number of carbonyl (C=O) groups is 1. The summed E-state index contributed by atoms with van der Waals surface area (Å²) < 4.78 is 5.37. The maximum absolute atomic E-state index is 13.2. The summed E-state index contributed by atoms with van der Waals surface area (Å²) in [5.41, 5.74) is 1.03. The molecule has 0 radical (unpaired) electrons. The van der Waals surface area contributed by atoms with E-state index in [9.17, 15) is 14.9 Å². The average Bonchev–Trinajstić information content (AvgIpc) is 2.88. The number of nitrogens with zero attached hydrogens (tertiary/aromatic N) is 3. The van der Waals surface area contributed by atoms with Crippen molar-refractivity contribution >= 4 is 17.3 Å². The van der Waals surface area contributed by atoms with Crippen molar-refractivity contribution in [1.29, 1.82) is 0 Å². The normalized spacial score (nSPS) is 19.9. The van der Waals surface area contributed by atoms with E-state index in [1.54, 1.807) is 12.1 Å². The fraction of sp³-hybridized carbons (Fsp3) is 0.611. The number of morpholine rings is 1. The number of benzene rings is 1. The second-order valence-electron chi connectivity index (χ2n) is 6.66. The summed E-state index contributed by atoms with van der Waals surface area (Å²) in [5.74, 6) is 0.0706. The first kappa shape index (κ1) is 17.8. The number of nitro benzene ring substituents is 1. The SMILES string of the molecule is CCC1(CC)C(=O)N(CCN2CCOCC2)c2ccc([N+](=O)[O-])cc21. The van der Waals surface area contributed by atoms with Crippen LogP contribution in [0.5, 0.6) is 0 Å². The van der Waals surface area contributed by atoms with Gasteiger partial charge in [0.2, 0.25) is 5.91 Å². The lowest BCUT2D eigenvalue weighted by Crippen LogP contribution is -2.45. The molecule has 0 unspecified atom stereocenters. The Balaban J connectivity index is 1.90. The summed E-state index contributed by atoms with van der Waals surface area (Å²) in [7, 11) is 0. The van der Waals surface area contributed by atoms with E-state index in [-0.39, 0.29) is 11.6 Å². The Morgan fingerprint density at radius 3 is 2.48 bits per heavy atom. The number of ether oxygens (including phenoxy) is 1. The molecule has 0 spiro atoms. The molecule has 7 heteroatoms. The molecule has 2 aliphatic heterocycles. The zero-order valence-electron chi connectivity index (χ0n) is 14.9. The molecule has 7 nitrogen and oxygen atoms in total. The second kappa shape index (κ2) is 7.09. The Morgan fingerprint density at radius 2 is 1.88 bits per heavy atom. The third-order valence-electron chi connectivity index (χ3n) is 5.60. The highest BCUT2D eigenvalue weighted by Crippen LogP contribution is 2.47. The van der Waals surface area contributed by atoms with Gasteiger partial charge in [-0.25, -0.2) is 0 Å². The molecule has 2 aliphatic rings. The van der Waals surface area contributed by atoms with Gasteiger partial charge in [0.25, 0.3) is 5.69 Å². The highest BCUT2D eigenvalue weighted by molar-refractivity contribution is 6.08. The molecule has 2 heterocycles. The average molecular weight is 347 g/mol. The molecule has 0 aliphatic carbocycles. The molecule has 1 aromatic rings. The lowest BCUT2D eigenvalue weighted by atomic mass is 9.77. The summed E-state index contributed by atoms with van der Waals surface area (Å²) in [6.07, 6.45) is 1.29. The molecule has 1 aromatic carbocycles. The van der Waals surface area contributed by atoms with Gasteiger partial charge in [0.05, 0.1) is 23.6 Å². The molecule has 0 atom stereocenters. The van der Waals surface area contributed by atoms with Crippen LogP contribution in [-0.4, -0.2) is 55.1 Å². The van der Waals surface area contributed by atoms with Gasteiger partial charge >= 0.3 is 0 Å². The Kier molecular flexibility index (Phi) is 5.06. The number of fused-ring (bicyclic) bond motifs is 1. The first-order valence-corrected chi connectivity index (χ1v) is 8.94. The fourth-order valence-corrected chi connectivity index (χ4v) is 3.96. The number of nitro groups is 1. The fourth-order valence-electron chi connectivity index (χ4n) is 3.96. The van der Waals surface area contributed by atoms with Gasteiger partial charge in [-0.2, -0.15) is 0 Å². The quantitative estimate of drug-likeness (QED) is 0.583. The number of anilines is 1. The summed E-state index contributed by atoms with van der Waals surface area (Å²) in [5, 5.41) is 11.2. The molecule has 0 aromatic heterocycles. The number of carbonyl (C=O) groups excluding carboxylic acids is 1. The van der Waals surface area contributed by atoms with Crippen molar-refractivity contribution in [3.8, 4) is 0 Å². The monoisotopic (exact) mass is 347 g/mol. The summed E-state index contributed by atoms with van der Waals surface area (Å²) in [4.78, 5) is 28.1. The van der Waals surface area contributed by atoms with E-state index in [1.807, 2.05) is 18.7 Å². The van der Waals surface area contributed by atoms with Gasteiger partial charge in [0.15, 0.2) is 0 Å². The Bertz CT molecular complexity index is 666. The lowest BCUT2D eigenvalue weighted by molar-refractivity contribution is -0.384. The van der Waals surface area contributed by atoms with Crippen LogP contribution in [0.1, 0.15) is 32.3 Å². The maximum Gasteiger partial charge on any atom is 0.269 e. The van der Waals surface area contributed by atoms with Crippen molar-refractivity contribution in [2.45, 2.75) is 32.1 Å². The van der Waals surface area contributed by atoms with Gasteiger partial charge in [-0.15, -0.1) is 0 Å². The van der Waals surface area contributed by atoms with Crippen LogP contribution in [0.3, 0.4) is 0 Å². The van der Waals surface area contributed by atoms with Gasteiger partial charge in [-0.1, -0.05) is 13.8 Å². The highest BCUT2D eigenvalue weighted by atomic mass is 16.6. The Morgan fingerprint density at radius 1 is 1.20 bits per heavy atom. The molecule has 0 N–H and O–H groups in total. The molecular formula is C18H25N3O4. The van der Waals surface area contributed by atoms with Crippen LogP contribution in [0.15, 0.2) is 18.2 Å². The van der Waals surface area contributed by atoms with Crippen LogP contribution in [0.25, 0.3) is 0 Å². The topological polar surface area (TPSA) is 75.9 Å². The second-order valence-corrected chi connectivity index (χ2v) is 6.66. The minimum atomic E-state index is -0.646. The summed E-state index contributed by atoms with van der Waals surface area (Å²) in [6, 6.07) is 4.82. The lowest BCUT2D eigenvalue weighted by Gasteiger charge is -2.30. The van der Waals surface area contributed by atoms with E-state index < -0.39 is 10.3 Å². The zero-order valence-corrected chi connectivity index (χ0v) is 14.9. The predicted molar refractivity (Wildman–Crippen MR) is 95.0 cm³/mol. The molecule has 0 bridgehead atoms. The number of hydrogen-bond donors (Lipinski definition) is 0. The molecule has 1 fully saturated rings. The highest BCUT2D eigenvalue weighted by Gasteiger charge is 2.48. The predicted octanol–water partition coefficient (Wildman–Crippen LogP) is 2.33. The van der Waals surface area contributed by atoms with Gasteiger partial charge in [-0.3, -0.25) is 19.8 Å². The molecule has 0 saturated carbocycles. The van der Waals surface area contributed by atoms with Gasteiger partial charge in [-0.05, 0) is 24.5 Å². The molecular weight excluding hydrogens is 322 g/mol. The first-order chi connectivity index (χ1) is 12.0. The molecule has 136 valence electrons. The van der Waals surface area contributed by atoms with Crippen molar-refractivity contribution in [3.63, 3.8) is 0 Å². The van der Waals surface area contributed by atoms with Crippen molar-refractivity contribution in [2.75, 3.05) is 44.3 Å². The van der Waals surface area contributed by atoms with Crippen LogP contribution in [0.4, 0.5) is 11.4 Å². The summed E-state index contributed by atoms with van der Waals surface area (Å²) >= 11 is 0. The third kappa shape index (κ3) is 3.02. The van der Waals surface area contributed by atoms with Gasteiger partial charge < -0.3 is 9.64 Å². The number of hydrogen-bond acceptors (Lipinski definition) is 5. The zero-order chi connectivity index (χ0) is 18.0. The van der Waals surface area contributed by atoms with E-state index in [0.29, 0.717) is 19.4 Å². The maximum atomic E-state index is 13.2. The smallest absolute Gasteiger partial charge is 0.269 e. The first-order valence-electron chi connectivity index (χ1n) is 8.94. The molecule has 3 rings (SSSR count). The standard InChI is InChI=1S/C18H25N3O4/c1-3-18(4-2)15-13-14(21(23)24)5-6-16(15)20(17(18)22)8-7-19-9-11-25-12-10-19/h5-6,13H,3-4,7-12H2,1-2H3. The van der Waals surface area contributed by atoms with Crippen LogP contribution < -0.4 is 4.90 Å². The Hall–Kier alpha value is -1.99. The molecule has 1 saturated heterocycles. The van der Waals surface area contributed by atoms with Crippen LogP contribution in [-0.2, 0) is 14.9 Å². The summed E-state index contributed by atoms with van der Waals surface area (Å²) in [6.45, 7) is 8.56. The van der Waals surface area contributed by atoms with Crippen molar-refractivity contribution in [1.82, 2.24) is 4.90 Å². The number of amides is 1. The van der Waals surface area contributed by atoms with E-state index >= 15 is 0 Å². The van der Waals surface area contributed by atoms with Crippen LogP contribution >= 0.6 is 0 Å². The third-order valence-corrected chi connectivity index (χ3v) is 5.60. The van der Waals surface area contributed by atoms with Crippen molar-refractivity contribution < 1.29 is 14.5 Å². The van der Waals surface area contributed by atoms with Gasteiger partial charge in [0, 0.05) is 44.0 Å². The van der Waals surface area contributed by atoms with E-state index in [4.69, 9.17) is 4.74 Å². The van der Waals surface area contributed by atoms with Crippen molar-refractivity contribution in [3.05, 3.63) is 33.9 Å². The number of non-ortho nitro benzene ring substituents is 1. The van der Waals surface area contributed by atoms with Crippen molar-refractivity contribution in [2.24, 2.45) is 0 Å². The van der Waals surface area contributed by atoms with Gasteiger partial charge in [0.1, 0.15) is 0 Å². The Labute approximate surface area is 147 Å².